The number of thiophene rings is 1. The molecule has 0 N–H and O–H groups in total. The van der Waals surface area contributed by atoms with Crippen LogP contribution < -0.4 is 4.90 Å². The summed E-state index contributed by atoms with van der Waals surface area (Å²) < 4.78 is 5.27. The van der Waals surface area contributed by atoms with Gasteiger partial charge in [-0.3, -0.25) is 9.69 Å². The highest BCUT2D eigenvalue weighted by Crippen LogP contribution is 2.28. The summed E-state index contributed by atoms with van der Waals surface area (Å²) in [6, 6.07) is 13.0. The SMILES string of the molecule is CC(=O)N(c1ccccc1)c1nc(COC(=O)Cn2nnc(-c3cccs3)n2)cs1. The minimum absolute atomic E-state index is 0.0116. The van der Waals surface area contributed by atoms with Gasteiger partial charge in [0.1, 0.15) is 6.61 Å². The Labute approximate surface area is 179 Å². The smallest absolute Gasteiger partial charge is 0.330 e. The number of esters is 1. The lowest BCUT2D eigenvalue weighted by Gasteiger charge is -2.17. The zero-order valence-corrected chi connectivity index (χ0v) is 17.5. The van der Waals surface area contributed by atoms with Gasteiger partial charge in [0.25, 0.3) is 0 Å². The third-order valence-corrected chi connectivity index (χ3v) is 5.65. The van der Waals surface area contributed by atoms with Crippen molar-refractivity contribution in [2.75, 3.05) is 4.90 Å². The number of nitrogens with zero attached hydrogens (tertiary/aromatic N) is 6. The van der Waals surface area contributed by atoms with Crippen LogP contribution in [0.1, 0.15) is 12.6 Å². The number of anilines is 2. The number of hydrogen-bond acceptors (Lipinski definition) is 9. The van der Waals surface area contributed by atoms with Gasteiger partial charge in [-0.25, -0.2) is 9.78 Å². The summed E-state index contributed by atoms with van der Waals surface area (Å²) in [4.78, 5) is 32.2. The molecule has 0 bridgehead atoms. The van der Waals surface area contributed by atoms with E-state index in [2.05, 4.69) is 20.4 Å². The molecule has 0 aliphatic rings. The Morgan fingerprint density at radius 1 is 1.13 bits per heavy atom. The van der Waals surface area contributed by atoms with Crippen molar-refractivity contribution in [3.63, 3.8) is 0 Å². The molecule has 1 amide bonds. The quantitative estimate of drug-likeness (QED) is 0.406. The average molecular weight is 441 g/mol. The van der Waals surface area contributed by atoms with Gasteiger partial charge in [-0.2, -0.15) is 4.80 Å². The Balaban J connectivity index is 1.36. The number of tetrazole rings is 1. The van der Waals surface area contributed by atoms with Crippen molar-refractivity contribution >= 4 is 45.4 Å². The van der Waals surface area contributed by atoms with Crippen molar-refractivity contribution in [2.24, 2.45) is 0 Å². The van der Waals surface area contributed by atoms with Crippen LogP contribution in [-0.4, -0.2) is 37.1 Å². The standard InChI is InChI=1S/C19H16N6O3S2/c1-13(26)25(15-6-3-2-4-7-15)19-20-14(12-30-19)11-28-17(27)10-24-22-18(21-23-24)16-8-5-9-29-16/h2-9,12H,10-11H2,1H3. The molecule has 0 atom stereocenters. The van der Waals surface area contributed by atoms with Crippen LogP contribution in [0.25, 0.3) is 10.7 Å². The predicted octanol–water partition coefficient (Wildman–Crippen LogP) is 3.29. The maximum atomic E-state index is 12.1. The van der Waals surface area contributed by atoms with Crippen LogP contribution in [-0.2, 0) is 27.5 Å². The number of aromatic nitrogens is 5. The molecule has 30 heavy (non-hydrogen) atoms. The highest BCUT2D eigenvalue weighted by molar-refractivity contribution is 7.14. The van der Waals surface area contributed by atoms with Crippen LogP contribution >= 0.6 is 22.7 Å². The van der Waals surface area contributed by atoms with Crippen molar-refractivity contribution in [1.29, 1.82) is 0 Å². The number of carbonyl (C=O) groups excluding carboxylic acids is 2. The summed E-state index contributed by atoms with van der Waals surface area (Å²) in [5.74, 6) is -0.198. The Morgan fingerprint density at radius 3 is 2.70 bits per heavy atom. The van der Waals surface area contributed by atoms with Crippen LogP contribution in [0.3, 0.4) is 0 Å². The van der Waals surface area contributed by atoms with Crippen molar-refractivity contribution in [3.05, 3.63) is 58.9 Å². The molecule has 0 radical (unpaired) electrons. The number of hydrogen-bond donors (Lipinski definition) is 0. The molecule has 11 heteroatoms. The normalized spacial score (nSPS) is 10.7. The van der Waals surface area contributed by atoms with Gasteiger partial charge in [-0.1, -0.05) is 24.3 Å². The minimum Gasteiger partial charge on any atom is -0.458 e. The Morgan fingerprint density at radius 2 is 1.97 bits per heavy atom. The molecule has 0 aliphatic heterocycles. The van der Waals surface area contributed by atoms with E-state index in [0.717, 1.165) is 10.6 Å². The molecule has 0 spiro atoms. The Bertz CT molecular complexity index is 1140. The van der Waals surface area contributed by atoms with Crippen molar-refractivity contribution in [2.45, 2.75) is 20.1 Å². The molecule has 0 saturated heterocycles. The van der Waals surface area contributed by atoms with Crippen molar-refractivity contribution < 1.29 is 14.3 Å². The number of benzene rings is 1. The van der Waals surface area contributed by atoms with Crippen molar-refractivity contribution in [3.8, 4) is 10.7 Å². The lowest BCUT2D eigenvalue weighted by atomic mass is 10.3. The third kappa shape index (κ3) is 4.58. The molecule has 152 valence electrons. The molecule has 0 saturated carbocycles. The van der Waals surface area contributed by atoms with Gasteiger partial charge in [0.15, 0.2) is 11.7 Å². The predicted molar refractivity (Wildman–Crippen MR) is 112 cm³/mol. The topological polar surface area (TPSA) is 103 Å². The van der Waals surface area contributed by atoms with Gasteiger partial charge in [0.05, 0.1) is 16.3 Å². The minimum atomic E-state index is -0.508. The highest BCUT2D eigenvalue weighted by Gasteiger charge is 2.18. The summed E-state index contributed by atoms with van der Waals surface area (Å²) in [6.07, 6.45) is 0. The van der Waals surface area contributed by atoms with Crippen LogP contribution in [0.5, 0.6) is 0 Å². The van der Waals surface area contributed by atoms with E-state index in [1.807, 2.05) is 47.8 Å². The molecule has 0 fully saturated rings. The Kier molecular flexibility index (Phi) is 5.91. The maximum absolute atomic E-state index is 12.1. The molecule has 4 rings (SSSR count). The number of rotatable bonds is 7. The molecule has 4 aromatic rings. The van der Waals surface area contributed by atoms with E-state index in [-0.39, 0.29) is 19.1 Å². The zero-order valence-electron chi connectivity index (χ0n) is 15.8. The molecule has 1 aromatic carbocycles. The second-order valence-electron chi connectivity index (χ2n) is 6.09. The molecular formula is C19H16N6O3S2. The van der Waals surface area contributed by atoms with Crippen molar-refractivity contribution in [1.82, 2.24) is 25.2 Å². The van der Waals surface area contributed by atoms with Crippen LogP contribution in [0.15, 0.2) is 53.2 Å². The first-order chi connectivity index (χ1) is 14.6. The Hall–Kier alpha value is -3.44. The second-order valence-corrected chi connectivity index (χ2v) is 7.88. The fourth-order valence-electron chi connectivity index (χ4n) is 2.60. The van der Waals surface area contributed by atoms with E-state index in [0.29, 0.717) is 16.6 Å². The summed E-state index contributed by atoms with van der Waals surface area (Å²) >= 11 is 2.79. The van der Waals surface area contributed by atoms with E-state index >= 15 is 0 Å². The van der Waals surface area contributed by atoms with Gasteiger partial charge in [-0.05, 0) is 28.8 Å². The summed E-state index contributed by atoms with van der Waals surface area (Å²) in [6.45, 7) is 1.31. The van der Waals surface area contributed by atoms with E-state index in [1.165, 1.54) is 39.3 Å². The van der Waals surface area contributed by atoms with E-state index in [1.54, 1.807) is 5.38 Å². The third-order valence-electron chi connectivity index (χ3n) is 3.91. The zero-order chi connectivity index (χ0) is 20.9. The summed E-state index contributed by atoms with van der Waals surface area (Å²) in [5.41, 5.74) is 1.28. The second kappa shape index (κ2) is 8.93. The van der Waals surface area contributed by atoms with E-state index in [4.69, 9.17) is 4.74 Å². The lowest BCUT2D eigenvalue weighted by molar-refractivity contribution is -0.146. The van der Waals surface area contributed by atoms with Gasteiger partial charge in [0, 0.05) is 12.3 Å². The number of thiazole rings is 1. The highest BCUT2D eigenvalue weighted by atomic mass is 32.1. The molecule has 3 heterocycles. The lowest BCUT2D eigenvalue weighted by Crippen LogP contribution is -2.22. The molecule has 9 nitrogen and oxygen atoms in total. The number of ether oxygens (including phenoxy) is 1. The van der Waals surface area contributed by atoms with E-state index < -0.39 is 5.97 Å². The number of amides is 1. The number of para-hydroxylation sites is 1. The number of carbonyl (C=O) groups is 2. The largest absolute Gasteiger partial charge is 0.458 e. The molecule has 0 aliphatic carbocycles. The summed E-state index contributed by atoms with van der Waals surface area (Å²) in [7, 11) is 0. The first-order valence-corrected chi connectivity index (χ1v) is 10.6. The van der Waals surface area contributed by atoms with Gasteiger partial charge >= 0.3 is 5.97 Å². The van der Waals surface area contributed by atoms with Gasteiger partial charge in [-0.15, -0.1) is 32.9 Å². The van der Waals surface area contributed by atoms with Gasteiger partial charge in [0.2, 0.25) is 11.7 Å². The monoisotopic (exact) mass is 440 g/mol. The summed E-state index contributed by atoms with van der Waals surface area (Å²) in [5, 5.41) is 16.2. The maximum Gasteiger partial charge on any atom is 0.330 e. The molecule has 3 aromatic heterocycles. The fraction of sp³-hybridized carbons (Fsp3) is 0.158. The van der Waals surface area contributed by atoms with Crippen LogP contribution in [0.4, 0.5) is 10.8 Å². The van der Waals surface area contributed by atoms with Crippen LogP contribution in [0.2, 0.25) is 0 Å². The van der Waals surface area contributed by atoms with Crippen LogP contribution in [0, 0.1) is 0 Å². The average Bonchev–Trinajstić information content (AvgIpc) is 3.49. The van der Waals surface area contributed by atoms with Gasteiger partial charge < -0.3 is 4.74 Å². The first-order valence-electron chi connectivity index (χ1n) is 8.87. The molecular weight excluding hydrogens is 424 g/mol. The fourth-order valence-corrected chi connectivity index (χ4v) is 4.12. The first kappa shape index (κ1) is 19.9. The van der Waals surface area contributed by atoms with E-state index in [9.17, 15) is 9.59 Å². The molecule has 0 unspecified atom stereocenters.